The fraction of sp³-hybridized carbons (Fsp3) is 0.385. The smallest absolute Gasteiger partial charge is 0.254 e. The summed E-state index contributed by atoms with van der Waals surface area (Å²) in [6.07, 6.45) is -0.895. The van der Waals surface area contributed by atoms with E-state index in [0.717, 1.165) is 11.1 Å². The first kappa shape index (κ1) is 13.2. The molecule has 0 saturated carbocycles. The van der Waals surface area contributed by atoms with Gasteiger partial charge in [0.05, 0.1) is 0 Å². The van der Waals surface area contributed by atoms with Gasteiger partial charge in [0.15, 0.2) is 0 Å². The van der Waals surface area contributed by atoms with Crippen molar-refractivity contribution in [3.63, 3.8) is 0 Å². The van der Waals surface area contributed by atoms with Crippen LogP contribution in [-0.4, -0.2) is 18.7 Å². The molecule has 0 aromatic heterocycles. The van der Waals surface area contributed by atoms with Crippen molar-refractivity contribution in [1.29, 1.82) is 5.26 Å². The molecule has 0 aliphatic heterocycles. The van der Waals surface area contributed by atoms with E-state index in [4.69, 9.17) is 10.00 Å². The van der Waals surface area contributed by atoms with Gasteiger partial charge in [0.25, 0.3) is 5.91 Å². The number of benzene rings is 1. The molecule has 17 heavy (non-hydrogen) atoms. The average molecular weight is 232 g/mol. The Balaban J connectivity index is 2.79. The normalized spacial score (nSPS) is 11.6. The number of nitrogens with one attached hydrogen (secondary N) is 1. The van der Waals surface area contributed by atoms with Gasteiger partial charge in [-0.25, -0.2) is 0 Å². The largest absolute Gasteiger partial charge is 0.346 e. The van der Waals surface area contributed by atoms with Gasteiger partial charge in [-0.15, -0.1) is 0 Å². The van der Waals surface area contributed by atoms with Gasteiger partial charge in [-0.2, -0.15) is 5.26 Å². The molecular weight excluding hydrogens is 216 g/mol. The lowest BCUT2D eigenvalue weighted by Crippen LogP contribution is -2.35. The van der Waals surface area contributed by atoms with E-state index < -0.39 is 6.23 Å². The third kappa shape index (κ3) is 3.89. The first-order valence-corrected chi connectivity index (χ1v) is 5.47. The number of rotatable bonds is 4. The highest BCUT2D eigenvalue weighted by molar-refractivity contribution is 5.94. The summed E-state index contributed by atoms with van der Waals surface area (Å²) < 4.78 is 5.05. The number of aryl methyl sites for hydroxylation is 2. The Labute approximate surface area is 101 Å². The molecule has 4 heteroatoms. The highest BCUT2D eigenvalue weighted by Crippen LogP contribution is 2.09. The molecule has 0 bridgehead atoms. The number of nitriles is 1. The van der Waals surface area contributed by atoms with Crippen LogP contribution in [0.25, 0.3) is 0 Å². The number of carbonyl (C=O) groups is 1. The zero-order valence-electron chi connectivity index (χ0n) is 10.3. The van der Waals surface area contributed by atoms with Crippen LogP contribution in [0.2, 0.25) is 0 Å². The zero-order chi connectivity index (χ0) is 12.8. The highest BCUT2D eigenvalue weighted by Gasteiger charge is 2.13. The van der Waals surface area contributed by atoms with E-state index in [2.05, 4.69) is 5.32 Å². The van der Waals surface area contributed by atoms with Crippen molar-refractivity contribution in [3.05, 3.63) is 34.9 Å². The molecule has 0 aliphatic carbocycles. The molecule has 0 radical (unpaired) electrons. The quantitative estimate of drug-likeness (QED) is 0.807. The van der Waals surface area contributed by atoms with E-state index in [1.165, 1.54) is 0 Å². The van der Waals surface area contributed by atoms with Crippen LogP contribution < -0.4 is 5.32 Å². The van der Waals surface area contributed by atoms with Crippen molar-refractivity contribution >= 4 is 5.91 Å². The van der Waals surface area contributed by atoms with Gasteiger partial charge in [0, 0.05) is 12.2 Å². The first-order chi connectivity index (χ1) is 8.06. The van der Waals surface area contributed by atoms with E-state index in [0.29, 0.717) is 12.2 Å². The summed E-state index contributed by atoms with van der Waals surface area (Å²) in [4.78, 5) is 11.9. The maximum absolute atomic E-state index is 11.9. The SMILES string of the molecule is CCOC(C#N)NC(=O)c1cc(C)cc(C)c1. The maximum Gasteiger partial charge on any atom is 0.254 e. The number of hydrogen-bond donors (Lipinski definition) is 1. The van der Waals surface area contributed by atoms with Crippen LogP contribution in [0.1, 0.15) is 28.4 Å². The standard InChI is InChI=1S/C13H16N2O2/c1-4-17-12(8-14)15-13(16)11-6-9(2)5-10(3)7-11/h5-7,12H,4H2,1-3H3,(H,15,16). The van der Waals surface area contributed by atoms with Crippen LogP contribution in [-0.2, 0) is 4.74 Å². The molecule has 0 saturated heterocycles. The molecule has 1 atom stereocenters. The van der Waals surface area contributed by atoms with Crippen molar-refractivity contribution in [1.82, 2.24) is 5.32 Å². The van der Waals surface area contributed by atoms with Crippen LogP contribution >= 0.6 is 0 Å². The molecule has 1 unspecified atom stereocenters. The minimum absolute atomic E-state index is 0.295. The Hall–Kier alpha value is -1.86. The number of ether oxygens (including phenoxy) is 1. The lowest BCUT2D eigenvalue weighted by atomic mass is 10.1. The van der Waals surface area contributed by atoms with Gasteiger partial charge in [-0.3, -0.25) is 4.79 Å². The Kier molecular flexibility index (Phi) is 4.68. The van der Waals surface area contributed by atoms with E-state index >= 15 is 0 Å². The molecule has 1 amide bonds. The van der Waals surface area contributed by atoms with Crippen LogP contribution in [0.15, 0.2) is 18.2 Å². The fourth-order valence-corrected chi connectivity index (χ4v) is 1.59. The third-order valence-corrected chi connectivity index (χ3v) is 2.20. The van der Waals surface area contributed by atoms with E-state index in [-0.39, 0.29) is 5.91 Å². The number of nitrogens with zero attached hydrogens (tertiary/aromatic N) is 1. The Morgan fingerprint density at radius 3 is 2.47 bits per heavy atom. The predicted molar refractivity (Wildman–Crippen MR) is 64.4 cm³/mol. The Morgan fingerprint density at radius 1 is 1.41 bits per heavy atom. The van der Waals surface area contributed by atoms with Crippen molar-refractivity contribution in [2.75, 3.05) is 6.61 Å². The maximum atomic E-state index is 11.9. The zero-order valence-corrected chi connectivity index (χ0v) is 10.3. The molecule has 0 aliphatic rings. The fourth-order valence-electron chi connectivity index (χ4n) is 1.59. The molecule has 0 spiro atoms. The van der Waals surface area contributed by atoms with Crippen molar-refractivity contribution < 1.29 is 9.53 Å². The molecule has 4 nitrogen and oxygen atoms in total. The van der Waals surface area contributed by atoms with Gasteiger partial charge in [-0.05, 0) is 32.9 Å². The van der Waals surface area contributed by atoms with E-state index in [9.17, 15) is 4.79 Å². The predicted octanol–water partition coefficient (Wildman–Crippen LogP) is 1.92. The van der Waals surface area contributed by atoms with Gasteiger partial charge < -0.3 is 10.1 Å². The average Bonchev–Trinajstić information content (AvgIpc) is 2.27. The summed E-state index contributed by atoms with van der Waals surface area (Å²) in [5.41, 5.74) is 2.57. The van der Waals surface area contributed by atoms with Crippen LogP contribution in [0.5, 0.6) is 0 Å². The van der Waals surface area contributed by atoms with E-state index in [1.54, 1.807) is 19.1 Å². The summed E-state index contributed by atoms with van der Waals surface area (Å²) in [5, 5.41) is 11.3. The van der Waals surface area contributed by atoms with Gasteiger partial charge in [-0.1, -0.05) is 17.2 Å². The third-order valence-electron chi connectivity index (χ3n) is 2.20. The molecule has 1 rings (SSSR count). The number of carbonyl (C=O) groups excluding carboxylic acids is 1. The minimum atomic E-state index is -0.895. The molecule has 0 heterocycles. The van der Waals surface area contributed by atoms with Crippen molar-refractivity contribution in [3.8, 4) is 6.07 Å². The molecule has 1 aromatic rings. The molecule has 90 valence electrons. The van der Waals surface area contributed by atoms with Crippen LogP contribution in [0.3, 0.4) is 0 Å². The van der Waals surface area contributed by atoms with E-state index in [1.807, 2.05) is 26.0 Å². The number of amides is 1. The second kappa shape index (κ2) is 6.02. The topological polar surface area (TPSA) is 62.1 Å². The molecule has 0 fully saturated rings. The van der Waals surface area contributed by atoms with Gasteiger partial charge >= 0.3 is 0 Å². The van der Waals surface area contributed by atoms with Gasteiger partial charge in [0.2, 0.25) is 6.23 Å². The molecule has 1 aromatic carbocycles. The second-order valence-electron chi connectivity index (χ2n) is 3.81. The Morgan fingerprint density at radius 2 is 2.00 bits per heavy atom. The summed E-state index contributed by atoms with van der Waals surface area (Å²) in [6, 6.07) is 7.43. The first-order valence-electron chi connectivity index (χ1n) is 5.47. The lowest BCUT2D eigenvalue weighted by molar-refractivity contribution is 0.0615. The summed E-state index contributed by atoms with van der Waals surface area (Å²) in [5.74, 6) is -0.295. The van der Waals surface area contributed by atoms with Gasteiger partial charge in [0.1, 0.15) is 6.07 Å². The Bertz CT molecular complexity index is 429. The van der Waals surface area contributed by atoms with Crippen molar-refractivity contribution in [2.45, 2.75) is 27.0 Å². The van der Waals surface area contributed by atoms with Crippen LogP contribution in [0, 0.1) is 25.2 Å². The highest BCUT2D eigenvalue weighted by atomic mass is 16.5. The monoisotopic (exact) mass is 232 g/mol. The summed E-state index contributed by atoms with van der Waals surface area (Å²) >= 11 is 0. The summed E-state index contributed by atoms with van der Waals surface area (Å²) in [7, 11) is 0. The minimum Gasteiger partial charge on any atom is -0.346 e. The second-order valence-corrected chi connectivity index (χ2v) is 3.81. The van der Waals surface area contributed by atoms with Crippen molar-refractivity contribution in [2.24, 2.45) is 0 Å². The summed E-state index contributed by atoms with van der Waals surface area (Å²) in [6.45, 7) is 6.00. The van der Waals surface area contributed by atoms with Crippen LogP contribution in [0.4, 0.5) is 0 Å². The molecular formula is C13H16N2O2. The number of hydrogen-bond acceptors (Lipinski definition) is 3. The lowest BCUT2D eigenvalue weighted by Gasteiger charge is -2.12. The molecule has 1 N–H and O–H groups in total.